The molecule has 1 aromatic carbocycles. The Balaban J connectivity index is 2.83. The van der Waals surface area contributed by atoms with Gasteiger partial charge >= 0.3 is 5.97 Å². The van der Waals surface area contributed by atoms with Gasteiger partial charge in [-0.25, -0.2) is 0 Å². The number of methoxy groups -OCH3 is 1. The number of carbonyl (C=O) groups is 1. The van der Waals surface area contributed by atoms with Crippen molar-refractivity contribution in [3.63, 3.8) is 0 Å². The number of benzene rings is 1. The second-order valence-corrected chi connectivity index (χ2v) is 4.92. The quantitative estimate of drug-likeness (QED) is 0.729. The average molecular weight is 234 g/mol. The van der Waals surface area contributed by atoms with Crippen molar-refractivity contribution >= 4 is 5.97 Å². The molecule has 1 aromatic rings. The van der Waals surface area contributed by atoms with Crippen molar-refractivity contribution in [1.29, 1.82) is 0 Å². The molecule has 2 nitrogen and oxygen atoms in total. The number of carbonyl (C=O) groups excluding carboxylic acids is 1. The third-order valence-corrected chi connectivity index (χ3v) is 3.19. The predicted molar refractivity (Wildman–Crippen MR) is 70.1 cm³/mol. The molecule has 0 saturated heterocycles. The van der Waals surface area contributed by atoms with E-state index in [9.17, 15) is 4.79 Å². The van der Waals surface area contributed by atoms with Crippen LogP contribution in [0, 0.1) is 0 Å². The van der Waals surface area contributed by atoms with Crippen molar-refractivity contribution in [2.75, 3.05) is 7.11 Å². The predicted octanol–water partition coefficient (Wildman–Crippen LogP) is 3.48. The van der Waals surface area contributed by atoms with Crippen molar-refractivity contribution in [2.24, 2.45) is 0 Å². The zero-order valence-corrected chi connectivity index (χ0v) is 11.2. The number of hydrogen-bond donors (Lipinski definition) is 0. The first kappa shape index (κ1) is 13.8. The fourth-order valence-corrected chi connectivity index (χ4v) is 1.84. The summed E-state index contributed by atoms with van der Waals surface area (Å²) in [6, 6.07) is 8.27. The SMILES string of the molecule is CCCCc1ccc(C(C)(C)C(=O)OC)cc1. The maximum Gasteiger partial charge on any atom is 0.315 e. The Labute approximate surface area is 104 Å². The summed E-state index contributed by atoms with van der Waals surface area (Å²) in [5, 5.41) is 0. The van der Waals surface area contributed by atoms with Gasteiger partial charge in [-0.05, 0) is 37.8 Å². The molecule has 17 heavy (non-hydrogen) atoms. The van der Waals surface area contributed by atoms with Crippen molar-refractivity contribution < 1.29 is 9.53 Å². The van der Waals surface area contributed by atoms with Gasteiger partial charge in [0.25, 0.3) is 0 Å². The van der Waals surface area contributed by atoms with Crippen LogP contribution in [0.25, 0.3) is 0 Å². The maximum atomic E-state index is 11.7. The van der Waals surface area contributed by atoms with E-state index in [1.165, 1.54) is 25.5 Å². The van der Waals surface area contributed by atoms with Crippen molar-refractivity contribution in [2.45, 2.75) is 45.4 Å². The molecule has 0 heterocycles. The summed E-state index contributed by atoms with van der Waals surface area (Å²) in [5.74, 6) is -0.196. The Morgan fingerprint density at radius 2 is 1.82 bits per heavy atom. The van der Waals surface area contributed by atoms with Gasteiger partial charge < -0.3 is 4.74 Å². The summed E-state index contributed by atoms with van der Waals surface area (Å²) >= 11 is 0. The molecule has 0 bridgehead atoms. The van der Waals surface area contributed by atoms with Gasteiger partial charge in [-0.1, -0.05) is 37.6 Å². The molecule has 0 aliphatic carbocycles. The van der Waals surface area contributed by atoms with Gasteiger partial charge in [0.1, 0.15) is 0 Å². The van der Waals surface area contributed by atoms with E-state index in [-0.39, 0.29) is 5.97 Å². The number of rotatable bonds is 5. The van der Waals surface area contributed by atoms with Gasteiger partial charge in [0.05, 0.1) is 12.5 Å². The van der Waals surface area contributed by atoms with Crippen LogP contribution in [0.3, 0.4) is 0 Å². The molecule has 0 aliphatic heterocycles. The fourth-order valence-electron chi connectivity index (χ4n) is 1.84. The van der Waals surface area contributed by atoms with Crippen molar-refractivity contribution in [3.05, 3.63) is 35.4 Å². The lowest BCUT2D eigenvalue weighted by Gasteiger charge is -2.22. The van der Waals surface area contributed by atoms with E-state index in [1.807, 2.05) is 26.0 Å². The third kappa shape index (κ3) is 3.32. The molecular formula is C15H22O2. The van der Waals surface area contributed by atoms with E-state index in [1.54, 1.807) is 0 Å². The van der Waals surface area contributed by atoms with Gasteiger partial charge in [-0.3, -0.25) is 4.79 Å². The van der Waals surface area contributed by atoms with Crippen LogP contribution in [0.1, 0.15) is 44.7 Å². The largest absolute Gasteiger partial charge is 0.468 e. The van der Waals surface area contributed by atoms with E-state index >= 15 is 0 Å². The summed E-state index contributed by atoms with van der Waals surface area (Å²) in [5.41, 5.74) is 1.76. The Kier molecular flexibility index (Phi) is 4.73. The average Bonchev–Trinajstić information content (AvgIpc) is 2.35. The molecule has 0 fully saturated rings. The topological polar surface area (TPSA) is 26.3 Å². The smallest absolute Gasteiger partial charge is 0.315 e. The van der Waals surface area contributed by atoms with E-state index in [4.69, 9.17) is 4.74 Å². The molecule has 0 unspecified atom stereocenters. The first-order chi connectivity index (χ1) is 8.02. The number of ether oxygens (including phenoxy) is 1. The van der Waals surface area contributed by atoms with E-state index in [2.05, 4.69) is 19.1 Å². The second kappa shape index (κ2) is 5.85. The highest BCUT2D eigenvalue weighted by Gasteiger charge is 2.30. The molecule has 0 amide bonds. The Bertz CT molecular complexity index is 363. The van der Waals surface area contributed by atoms with Crippen LogP contribution in [0.5, 0.6) is 0 Å². The molecule has 1 rings (SSSR count). The molecule has 0 aromatic heterocycles. The number of unbranched alkanes of at least 4 members (excludes halogenated alkanes) is 1. The lowest BCUT2D eigenvalue weighted by molar-refractivity contribution is -0.146. The molecule has 2 heteroatoms. The summed E-state index contributed by atoms with van der Waals surface area (Å²) in [4.78, 5) is 11.7. The van der Waals surface area contributed by atoms with Gasteiger partial charge in [0.15, 0.2) is 0 Å². The van der Waals surface area contributed by atoms with Crippen LogP contribution in [0.4, 0.5) is 0 Å². The van der Waals surface area contributed by atoms with E-state index < -0.39 is 5.41 Å². The van der Waals surface area contributed by atoms with Gasteiger partial charge in [0, 0.05) is 0 Å². The number of hydrogen-bond acceptors (Lipinski definition) is 2. The number of esters is 1. The Morgan fingerprint density at radius 3 is 2.29 bits per heavy atom. The van der Waals surface area contributed by atoms with Crippen LogP contribution in [0.2, 0.25) is 0 Å². The highest BCUT2D eigenvalue weighted by molar-refractivity contribution is 5.82. The molecule has 94 valence electrons. The summed E-state index contributed by atoms with van der Waals surface area (Å²) in [6.45, 7) is 5.97. The number of aryl methyl sites for hydroxylation is 1. The molecule has 0 saturated carbocycles. The highest BCUT2D eigenvalue weighted by atomic mass is 16.5. The zero-order chi connectivity index (χ0) is 12.9. The first-order valence-corrected chi connectivity index (χ1v) is 6.20. The fraction of sp³-hybridized carbons (Fsp3) is 0.533. The molecular weight excluding hydrogens is 212 g/mol. The monoisotopic (exact) mass is 234 g/mol. The van der Waals surface area contributed by atoms with Gasteiger partial charge in [-0.2, -0.15) is 0 Å². The zero-order valence-electron chi connectivity index (χ0n) is 11.2. The van der Waals surface area contributed by atoms with Crippen molar-refractivity contribution in [1.82, 2.24) is 0 Å². The standard InChI is InChI=1S/C15H22O2/c1-5-6-7-12-8-10-13(11-9-12)15(2,3)14(16)17-4/h8-11H,5-7H2,1-4H3. The summed E-state index contributed by atoms with van der Waals surface area (Å²) < 4.78 is 4.83. The second-order valence-electron chi connectivity index (χ2n) is 4.92. The van der Waals surface area contributed by atoms with E-state index in [0.29, 0.717) is 0 Å². The summed E-state index contributed by atoms with van der Waals surface area (Å²) in [6.07, 6.45) is 3.52. The molecule has 0 atom stereocenters. The maximum absolute atomic E-state index is 11.7. The van der Waals surface area contributed by atoms with Crippen LogP contribution in [-0.2, 0) is 21.4 Å². The van der Waals surface area contributed by atoms with Gasteiger partial charge in [0.2, 0.25) is 0 Å². The molecule has 0 radical (unpaired) electrons. The summed E-state index contributed by atoms with van der Waals surface area (Å²) in [7, 11) is 1.43. The Hall–Kier alpha value is -1.31. The molecule has 0 aliphatic rings. The molecule has 0 spiro atoms. The van der Waals surface area contributed by atoms with Crippen LogP contribution < -0.4 is 0 Å². The molecule has 0 N–H and O–H groups in total. The lowest BCUT2D eigenvalue weighted by Crippen LogP contribution is -2.30. The van der Waals surface area contributed by atoms with Crippen LogP contribution >= 0.6 is 0 Å². The minimum atomic E-state index is -0.571. The third-order valence-electron chi connectivity index (χ3n) is 3.19. The van der Waals surface area contributed by atoms with E-state index in [0.717, 1.165) is 12.0 Å². The van der Waals surface area contributed by atoms with Crippen molar-refractivity contribution in [3.8, 4) is 0 Å². The van der Waals surface area contributed by atoms with Gasteiger partial charge in [-0.15, -0.1) is 0 Å². The van der Waals surface area contributed by atoms with Crippen LogP contribution in [-0.4, -0.2) is 13.1 Å². The normalized spacial score (nSPS) is 11.3. The highest BCUT2D eigenvalue weighted by Crippen LogP contribution is 2.25. The lowest BCUT2D eigenvalue weighted by atomic mass is 9.84. The Morgan fingerprint density at radius 1 is 1.24 bits per heavy atom. The minimum absolute atomic E-state index is 0.196. The van der Waals surface area contributed by atoms with Crippen LogP contribution in [0.15, 0.2) is 24.3 Å². The minimum Gasteiger partial charge on any atom is -0.468 e. The first-order valence-electron chi connectivity index (χ1n) is 6.20.